The van der Waals surface area contributed by atoms with Crippen molar-refractivity contribution in [2.24, 2.45) is 0 Å². The van der Waals surface area contributed by atoms with Gasteiger partial charge in [0.1, 0.15) is 11.6 Å². The van der Waals surface area contributed by atoms with E-state index in [1.807, 2.05) is 24.3 Å². The van der Waals surface area contributed by atoms with E-state index in [0.717, 1.165) is 26.1 Å². The minimum Gasteiger partial charge on any atom is -0.381 e. The lowest BCUT2D eigenvalue weighted by Crippen LogP contribution is -1.97. The van der Waals surface area contributed by atoms with E-state index in [1.54, 1.807) is 24.3 Å². The van der Waals surface area contributed by atoms with E-state index in [1.165, 1.54) is 101 Å². The Hall–Kier alpha value is -1.74. The van der Waals surface area contributed by atoms with Crippen molar-refractivity contribution in [1.82, 2.24) is 0 Å². The highest BCUT2D eigenvalue weighted by molar-refractivity contribution is 5.16. The van der Waals surface area contributed by atoms with E-state index >= 15 is 0 Å². The summed E-state index contributed by atoms with van der Waals surface area (Å²) in [6.07, 6.45) is 19.8. The van der Waals surface area contributed by atoms with Crippen molar-refractivity contribution < 1.29 is 13.5 Å². The quantitative estimate of drug-likeness (QED) is 0.180. The van der Waals surface area contributed by atoms with Crippen molar-refractivity contribution in [3.05, 3.63) is 71.3 Å². The van der Waals surface area contributed by atoms with Crippen LogP contribution in [-0.4, -0.2) is 13.2 Å². The molecule has 0 fully saturated rings. The Morgan fingerprint density at radius 2 is 0.697 bits per heavy atom. The van der Waals surface area contributed by atoms with Gasteiger partial charge in [-0.05, 0) is 73.9 Å². The molecule has 0 radical (unpaired) electrons. The molecule has 0 bridgehead atoms. The van der Waals surface area contributed by atoms with Crippen molar-refractivity contribution in [3.8, 4) is 0 Å². The summed E-state index contributed by atoms with van der Waals surface area (Å²) in [4.78, 5) is 0. The van der Waals surface area contributed by atoms with Crippen LogP contribution in [0.2, 0.25) is 0 Å². The molecule has 0 heterocycles. The lowest BCUT2D eigenvalue weighted by molar-refractivity contribution is 0.125. The average Bonchev–Trinajstić information content (AvgIpc) is 2.83. The molecule has 2 rings (SSSR count). The molecule has 0 N–H and O–H groups in total. The van der Waals surface area contributed by atoms with Crippen molar-refractivity contribution in [1.29, 1.82) is 0 Å². The third kappa shape index (κ3) is 14.9. The highest BCUT2D eigenvalue weighted by Gasteiger charge is 1.98. The van der Waals surface area contributed by atoms with Crippen LogP contribution in [0.3, 0.4) is 0 Å². The van der Waals surface area contributed by atoms with Gasteiger partial charge >= 0.3 is 0 Å². The number of aryl methyl sites for hydroxylation is 2. The fourth-order valence-corrected chi connectivity index (χ4v) is 4.24. The van der Waals surface area contributed by atoms with Crippen molar-refractivity contribution in [2.45, 2.75) is 103 Å². The van der Waals surface area contributed by atoms with Crippen LogP contribution in [0.1, 0.15) is 101 Å². The van der Waals surface area contributed by atoms with Gasteiger partial charge in [-0.3, -0.25) is 0 Å². The Labute approximate surface area is 201 Å². The molecule has 0 aliphatic carbocycles. The fourth-order valence-electron chi connectivity index (χ4n) is 4.24. The van der Waals surface area contributed by atoms with Gasteiger partial charge in [-0.15, -0.1) is 0 Å². The normalized spacial score (nSPS) is 11.2. The zero-order valence-electron chi connectivity index (χ0n) is 20.5. The molecule has 3 heteroatoms. The lowest BCUT2D eigenvalue weighted by Gasteiger charge is -2.05. The summed E-state index contributed by atoms with van der Waals surface area (Å²) >= 11 is 0. The second-order valence-corrected chi connectivity index (χ2v) is 9.32. The van der Waals surface area contributed by atoms with Gasteiger partial charge in [-0.1, -0.05) is 88.5 Å². The Morgan fingerprint density at radius 3 is 1.06 bits per heavy atom. The van der Waals surface area contributed by atoms with Crippen LogP contribution in [0.15, 0.2) is 48.5 Å². The molecule has 0 atom stereocenters. The summed E-state index contributed by atoms with van der Waals surface area (Å²) in [5.41, 5.74) is 2.49. The topological polar surface area (TPSA) is 9.23 Å². The molecule has 0 aliphatic heterocycles. The molecule has 0 aliphatic rings. The summed E-state index contributed by atoms with van der Waals surface area (Å²) < 4.78 is 31.5. The van der Waals surface area contributed by atoms with E-state index in [-0.39, 0.29) is 11.6 Å². The number of unbranched alkanes of at least 4 members (excludes halogenated alkanes) is 12. The predicted molar refractivity (Wildman–Crippen MR) is 136 cm³/mol. The second kappa shape index (κ2) is 18.7. The first-order valence-electron chi connectivity index (χ1n) is 13.3. The Bertz CT molecular complexity index is 635. The summed E-state index contributed by atoms with van der Waals surface area (Å²) in [6.45, 7) is 1.82. The highest BCUT2D eigenvalue weighted by atomic mass is 19.1. The van der Waals surface area contributed by atoms with Gasteiger partial charge in [0.05, 0.1) is 0 Å². The van der Waals surface area contributed by atoms with Crippen molar-refractivity contribution >= 4 is 0 Å². The molecule has 0 amide bonds. The van der Waals surface area contributed by atoms with E-state index in [9.17, 15) is 8.78 Å². The molecule has 0 unspecified atom stereocenters. The van der Waals surface area contributed by atoms with Crippen LogP contribution in [0.5, 0.6) is 0 Å². The smallest absolute Gasteiger partial charge is 0.123 e. The maximum atomic E-state index is 12.9. The minimum atomic E-state index is -0.148. The van der Waals surface area contributed by atoms with Crippen LogP contribution in [0, 0.1) is 11.6 Å². The van der Waals surface area contributed by atoms with Crippen LogP contribution in [0.25, 0.3) is 0 Å². The molecular formula is C30H44F2O. The maximum absolute atomic E-state index is 12.9. The Morgan fingerprint density at radius 1 is 0.394 bits per heavy atom. The summed E-state index contributed by atoms with van der Waals surface area (Å²) in [7, 11) is 0. The number of hydrogen-bond donors (Lipinski definition) is 0. The molecule has 1 nitrogen and oxygen atoms in total. The first-order valence-corrected chi connectivity index (χ1v) is 13.3. The van der Waals surface area contributed by atoms with Crippen LogP contribution >= 0.6 is 0 Å². The molecular weight excluding hydrogens is 414 g/mol. The minimum absolute atomic E-state index is 0.148. The highest BCUT2D eigenvalue weighted by Crippen LogP contribution is 2.13. The van der Waals surface area contributed by atoms with Gasteiger partial charge in [0.15, 0.2) is 0 Å². The summed E-state index contributed by atoms with van der Waals surface area (Å²) in [5, 5.41) is 0. The number of rotatable bonds is 20. The predicted octanol–water partition coefficient (Wildman–Crippen LogP) is 9.23. The number of ether oxygens (including phenoxy) is 1. The van der Waals surface area contributed by atoms with E-state index in [0.29, 0.717) is 0 Å². The number of halogens is 2. The van der Waals surface area contributed by atoms with Crippen LogP contribution in [0.4, 0.5) is 8.78 Å². The summed E-state index contributed by atoms with van der Waals surface area (Å²) in [6, 6.07) is 13.8. The summed E-state index contributed by atoms with van der Waals surface area (Å²) in [5.74, 6) is -0.296. The van der Waals surface area contributed by atoms with E-state index < -0.39 is 0 Å². The SMILES string of the molecule is Fc1ccc(CCCCCCCCCOCCCCCCCCCc2ccc(F)cc2)cc1. The zero-order chi connectivity index (χ0) is 23.4. The second-order valence-electron chi connectivity index (χ2n) is 9.32. The van der Waals surface area contributed by atoms with Crippen molar-refractivity contribution in [3.63, 3.8) is 0 Å². The first kappa shape index (κ1) is 27.5. The molecule has 0 saturated carbocycles. The first-order chi connectivity index (χ1) is 16.2. The molecule has 184 valence electrons. The van der Waals surface area contributed by atoms with Gasteiger partial charge in [0.25, 0.3) is 0 Å². The van der Waals surface area contributed by atoms with E-state index in [4.69, 9.17) is 4.74 Å². The van der Waals surface area contributed by atoms with Gasteiger partial charge in [0.2, 0.25) is 0 Å². The molecule has 0 saturated heterocycles. The van der Waals surface area contributed by atoms with Gasteiger partial charge in [0, 0.05) is 13.2 Å². The Balaban J connectivity index is 1.23. The van der Waals surface area contributed by atoms with Crippen LogP contribution in [-0.2, 0) is 17.6 Å². The van der Waals surface area contributed by atoms with Gasteiger partial charge < -0.3 is 4.74 Å². The standard InChI is InChI=1S/C30H44F2O/c31-29-21-17-27(18-22-29)15-11-7-3-1-5-9-13-25-33-26-14-10-6-2-4-8-12-16-28-19-23-30(32)24-20-28/h17-24H,1-16,25-26H2. The van der Waals surface area contributed by atoms with Gasteiger partial charge in [-0.2, -0.15) is 0 Å². The van der Waals surface area contributed by atoms with E-state index in [2.05, 4.69) is 0 Å². The van der Waals surface area contributed by atoms with Crippen LogP contribution < -0.4 is 0 Å². The zero-order valence-corrected chi connectivity index (χ0v) is 20.5. The third-order valence-electron chi connectivity index (χ3n) is 6.33. The largest absolute Gasteiger partial charge is 0.381 e. The molecule has 2 aromatic rings. The molecule has 0 spiro atoms. The number of hydrogen-bond acceptors (Lipinski definition) is 1. The maximum Gasteiger partial charge on any atom is 0.123 e. The average molecular weight is 459 g/mol. The fraction of sp³-hybridized carbons (Fsp3) is 0.600. The Kier molecular flexibility index (Phi) is 15.6. The molecule has 33 heavy (non-hydrogen) atoms. The lowest BCUT2D eigenvalue weighted by atomic mass is 10.0. The number of benzene rings is 2. The van der Waals surface area contributed by atoms with Crippen molar-refractivity contribution in [2.75, 3.05) is 13.2 Å². The van der Waals surface area contributed by atoms with Gasteiger partial charge in [-0.25, -0.2) is 8.78 Å². The third-order valence-corrected chi connectivity index (χ3v) is 6.33. The monoisotopic (exact) mass is 458 g/mol. The molecule has 2 aromatic carbocycles. The molecule has 0 aromatic heterocycles.